The van der Waals surface area contributed by atoms with Gasteiger partial charge in [0.05, 0.1) is 11.9 Å². The molecule has 1 aromatic rings. The number of nitrogens with one attached hydrogen (secondary N) is 2. The Morgan fingerprint density at radius 2 is 2.36 bits per heavy atom. The van der Waals surface area contributed by atoms with Gasteiger partial charge < -0.3 is 5.32 Å². The summed E-state index contributed by atoms with van der Waals surface area (Å²) in [5.74, 6) is 0. The van der Waals surface area contributed by atoms with E-state index < -0.39 is 10.0 Å². The number of sulfonamides is 1. The van der Waals surface area contributed by atoms with Crippen LogP contribution in [-0.2, 0) is 23.0 Å². The molecule has 0 unspecified atom stereocenters. The first-order valence-electron chi connectivity index (χ1n) is 4.22. The van der Waals surface area contributed by atoms with Crippen molar-refractivity contribution in [2.75, 3.05) is 17.5 Å². The molecule has 2 N–H and O–H groups in total. The summed E-state index contributed by atoms with van der Waals surface area (Å²) in [6.45, 7) is 1.70. The molecule has 1 aliphatic heterocycles. The number of hydrogen-bond acceptors (Lipinski definition) is 5. The number of anilines is 1. The van der Waals surface area contributed by atoms with Crippen molar-refractivity contribution in [1.82, 2.24) is 10.3 Å². The molecule has 78 valence electrons. The second-order valence-electron chi connectivity index (χ2n) is 3.19. The molecule has 0 aliphatic carbocycles. The summed E-state index contributed by atoms with van der Waals surface area (Å²) in [4.78, 5) is 5.35. The third kappa shape index (κ3) is 2.23. The molecule has 0 fully saturated rings. The third-order valence-electron chi connectivity index (χ3n) is 1.88. The lowest BCUT2D eigenvalue weighted by molar-refractivity contribution is 0.606. The number of aromatic nitrogens is 1. The van der Waals surface area contributed by atoms with Crippen LogP contribution in [0.4, 0.5) is 5.13 Å². The molecular weight excluding hydrogens is 222 g/mol. The molecule has 1 aromatic heterocycles. The lowest BCUT2D eigenvalue weighted by Crippen LogP contribution is -2.22. The maximum Gasteiger partial charge on any atom is 0.231 e. The monoisotopic (exact) mass is 233 g/mol. The molecule has 1 aliphatic rings. The Bertz CT molecular complexity index is 414. The van der Waals surface area contributed by atoms with Gasteiger partial charge in [0.1, 0.15) is 0 Å². The van der Waals surface area contributed by atoms with E-state index in [0.29, 0.717) is 5.13 Å². The third-order valence-corrected chi connectivity index (χ3v) is 3.58. The normalized spacial score (nSPS) is 16.4. The van der Waals surface area contributed by atoms with Crippen LogP contribution in [0.5, 0.6) is 0 Å². The van der Waals surface area contributed by atoms with Gasteiger partial charge in [0.2, 0.25) is 10.0 Å². The summed E-state index contributed by atoms with van der Waals surface area (Å²) < 4.78 is 24.3. The molecule has 0 aromatic carbocycles. The average molecular weight is 233 g/mol. The van der Waals surface area contributed by atoms with E-state index in [0.717, 1.165) is 36.3 Å². The first kappa shape index (κ1) is 9.88. The van der Waals surface area contributed by atoms with Gasteiger partial charge >= 0.3 is 0 Å². The molecule has 7 heteroatoms. The fourth-order valence-electron chi connectivity index (χ4n) is 1.33. The van der Waals surface area contributed by atoms with Gasteiger partial charge in [-0.25, -0.2) is 13.4 Å². The summed E-state index contributed by atoms with van der Waals surface area (Å²) in [5.41, 5.74) is 1.01. The highest BCUT2D eigenvalue weighted by atomic mass is 32.2. The summed E-state index contributed by atoms with van der Waals surface area (Å²) >= 11 is 1.40. The molecule has 2 rings (SSSR count). The number of hydrogen-bond donors (Lipinski definition) is 2. The zero-order valence-electron chi connectivity index (χ0n) is 7.70. The first-order chi connectivity index (χ1) is 6.54. The molecule has 0 amide bonds. The average Bonchev–Trinajstić information content (AvgIpc) is 2.42. The number of thiazole rings is 1. The molecule has 0 atom stereocenters. The SMILES string of the molecule is CS(=O)(=O)Nc1nc2c(s1)CNCC2. The van der Waals surface area contributed by atoms with Crippen molar-refractivity contribution in [3.05, 3.63) is 10.6 Å². The van der Waals surface area contributed by atoms with Crippen LogP contribution in [0.3, 0.4) is 0 Å². The van der Waals surface area contributed by atoms with Gasteiger partial charge in [-0.3, -0.25) is 4.72 Å². The van der Waals surface area contributed by atoms with Crippen LogP contribution in [-0.4, -0.2) is 26.2 Å². The second-order valence-corrected chi connectivity index (χ2v) is 6.02. The van der Waals surface area contributed by atoms with Crippen LogP contribution in [0.25, 0.3) is 0 Å². The highest BCUT2D eigenvalue weighted by molar-refractivity contribution is 7.92. The Morgan fingerprint density at radius 1 is 1.57 bits per heavy atom. The van der Waals surface area contributed by atoms with Gasteiger partial charge in [0, 0.05) is 24.4 Å². The minimum atomic E-state index is -3.20. The molecule has 5 nitrogen and oxygen atoms in total. The Labute approximate surface area is 86.6 Å². The zero-order valence-corrected chi connectivity index (χ0v) is 9.33. The predicted molar refractivity (Wildman–Crippen MR) is 56.0 cm³/mol. The molecule has 0 spiro atoms. The largest absolute Gasteiger partial charge is 0.311 e. The van der Waals surface area contributed by atoms with Crippen LogP contribution in [0.2, 0.25) is 0 Å². The summed E-state index contributed by atoms with van der Waals surface area (Å²) in [5, 5.41) is 3.68. The van der Waals surface area contributed by atoms with Crippen molar-refractivity contribution in [2.24, 2.45) is 0 Å². The van der Waals surface area contributed by atoms with Crippen LogP contribution in [0.1, 0.15) is 10.6 Å². The van der Waals surface area contributed by atoms with Crippen molar-refractivity contribution < 1.29 is 8.42 Å². The molecule has 14 heavy (non-hydrogen) atoms. The zero-order chi connectivity index (χ0) is 10.2. The van der Waals surface area contributed by atoms with Crippen molar-refractivity contribution >= 4 is 26.5 Å². The number of nitrogens with zero attached hydrogens (tertiary/aromatic N) is 1. The molecule has 0 saturated carbocycles. The topological polar surface area (TPSA) is 71.1 Å². The molecule has 0 bridgehead atoms. The summed E-state index contributed by atoms with van der Waals surface area (Å²) in [6, 6.07) is 0. The lowest BCUT2D eigenvalue weighted by Gasteiger charge is -2.09. The second kappa shape index (κ2) is 3.48. The lowest BCUT2D eigenvalue weighted by atomic mass is 10.2. The van der Waals surface area contributed by atoms with Crippen LogP contribution in [0, 0.1) is 0 Å². The van der Waals surface area contributed by atoms with Gasteiger partial charge in [0.25, 0.3) is 0 Å². The number of rotatable bonds is 2. The molecule has 0 saturated heterocycles. The van der Waals surface area contributed by atoms with Crippen LogP contribution < -0.4 is 10.0 Å². The Morgan fingerprint density at radius 3 is 3.00 bits per heavy atom. The smallest absolute Gasteiger partial charge is 0.231 e. The Kier molecular flexibility index (Phi) is 2.46. The van der Waals surface area contributed by atoms with Gasteiger partial charge in [-0.1, -0.05) is 11.3 Å². The van der Waals surface area contributed by atoms with Gasteiger partial charge in [-0.2, -0.15) is 0 Å². The Balaban J connectivity index is 2.24. The highest BCUT2D eigenvalue weighted by Gasteiger charge is 2.15. The summed E-state index contributed by atoms with van der Waals surface area (Å²) in [7, 11) is -3.20. The van der Waals surface area contributed by atoms with E-state index in [1.54, 1.807) is 0 Å². The van der Waals surface area contributed by atoms with Crippen LogP contribution >= 0.6 is 11.3 Å². The molecule has 0 radical (unpaired) electrons. The standard InChI is InChI=1S/C7H11N3O2S2/c1-14(11,12)10-7-9-5-2-3-8-4-6(5)13-7/h8H,2-4H2,1H3,(H,9,10). The maximum atomic E-state index is 11.0. The van der Waals surface area contributed by atoms with Gasteiger partial charge in [0.15, 0.2) is 5.13 Å². The van der Waals surface area contributed by atoms with E-state index >= 15 is 0 Å². The predicted octanol–water partition coefficient (Wildman–Crippen LogP) is 0.160. The van der Waals surface area contributed by atoms with E-state index in [4.69, 9.17) is 0 Å². The van der Waals surface area contributed by atoms with Crippen molar-refractivity contribution in [3.8, 4) is 0 Å². The minimum absolute atomic E-state index is 0.473. The fourth-order valence-corrected chi connectivity index (χ4v) is 3.14. The maximum absolute atomic E-state index is 11.0. The van der Waals surface area contributed by atoms with E-state index in [2.05, 4.69) is 15.0 Å². The number of fused-ring (bicyclic) bond motifs is 1. The van der Waals surface area contributed by atoms with Crippen molar-refractivity contribution in [1.29, 1.82) is 0 Å². The fraction of sp³-hybridized carbons (Fsp3) is 0.571. The minimum Gasteiger partial charge on any atom is -0.311 e. The first-order valence-corrected chi connectivity index (χ1v) is 6.92. The van der Waals surface area contributed by atoms with Crippen LogP contribution in [0.15, 0.2) is 0 Å². The quantitative estimate of drug-likeness (QED) is 0.763. The van der Waals surface area contributed by atoms with Crippen molar-refractivity contribution in [2.45, 2.75) is 13.0 Å². The summed E-state index contributed by atoms with van der Waals surface area (Å²) in [6.07, 6.45) is 2.00. The molecular formula is C7H11N3O2S2. The van der Waals surface area contributed by atoms with Crippen molar-refractivity contribution in [3.63, 3.8) is 0 Å². The van der Waals surface area contributed by atoms with E-state index in [1.807, 2.05) is 0 Å². The van der Waals surface area contributed by atoms with Gasteiger partial charge in [-0.05, 0) is 0 Å². The highest BCUT2D eigenvalue weighted by Crippen LogP contribution is 2.25. The van der Waals surface area contributed by atoms with E-state index in [1.165, 1.54) is 11.3 Å². The van der Waals surface area contributed by atoms with E-state index in [-0.39, 0.29) is 0 Å². The van der Waals surface area contributed by atoms with Gasteiger partial charge in [-0.15, -0.1) is 0 Å². The van der Waals surface area contributed by atoms with E-state index in [9.17, 15) is 8.42 Å². The molecule has 2 heterocycles. The Hall–Kier alpha value is -0.660.